The van der Waals surface area contributed by atoms with Gasteiger partial charge in [0.25, 0.3) is 5.56 Å². The molecular weight excluding hydrogens is 387 g/mol. The summed E-state index contributed by atoms with van der Waals surface area (Å²) in [5.41, 5.74) is -0.147. The molecule has 0 unspecified atom stereocenters. The number of benzene rings is 2. The molecule has 3 rings (SSSR count). The van der Waals surface area contributed by atoms with E-state index in [4.69, 9.17) is 0 Å². The van der Waals surface area contributed by atoms with Gasteiger partial charge in [-0.3, -0.25) is 4.79 Å². The van der Waals surface area contributed by atoms with Crippen molar-refractivity contribution in [3.63, 3.8) is 0 Å². The lowest BCUT2D eigenvalue weighted by Gasteiger charge is -2.08. The highest BCUT2D eigenvalue weighted by atomic mass is 127. The van der Waals surface area contributed by atoms with Crippen molar-refractivity contribution in [2.75, 3.05) is 0 Å². The molecular formula is C14H9IN2O2S. The van der Waals surface area contributed by atoms with Crippen LogP contribution in [0, 0.1) is 3.57 Å². The van der Waals surface area contributed by atoms with E-state index < -0.39 is 0 Å². The van der Waals surface area contributed by atoms with Gasteiger partial charge in [0.15, 0.2) is 0 Å². The summed E-state index contributed by atoms with van der Waals surface area (Å²) in [7, 11) is 0. The van der Waals surface area contributed by atoms with E-state index >= 15 is 0 Å². The topological polar surface area (TPSA) is 66.0 Å². The van der Waals surface area contributed by atoms with E-state index in [1.54, 1.807) is 6.07 Å². The standard InChI is InChI=1S/C14H9IN2O2S/c15-12-13(19)16-7-17-14(12)20-11-6-5-10(18)8-3-1-2-4-9(8)11/h1-7,18H,(H,16,17,19). The van der Waals surface area contributed by atoms with E-state index in [0.29, 0.717) is 8.60 Å². The molecule has 20 heavy (non-hydrogen) atoms. The first-order valence-corrected chi connectivity index (χ1v) is 7.68. The Morgan fingerprint density at radius 3 is 2.70 bits per heavy atom. The molecule has 0 bridgehead atoms. The number of hydrogen-bond acceptors (Lipinski definition) is 4. The first kappa shape index (κ1) is 13.4. The third-order valence-electron chi connectivity index (χ3n) is 2.83. The van der Waals surface area contributed by atoms with Gasteiger partial charge in [-0.15, -0.1) is 0 Å². The molecule has 0 saturated carbocycles. The van der Waals surface area contributed by atoms with Gasteiger partial charge in [0.2, 0.25) is 0 Å². The van der Waals surface area contributed by atoms with Crippen LogP contribution in [-0.2, 0) is 0 Å². The van der Waals surface area contributed by atoms with Crippen LogP contribution in [-0.4, -0.2) is 15.1 Å². The quantitative estimate of drug-likeness (QED) is 0.515. The Hall–Kier alpha value is -1.54. The second-order valence-electron chi connectivity index (χ2n) is 4.08. The molecule has 2 N–H and O–H groups in total. The molecule has 6 heteroatoms. The summed E-state index contributed by atoms with van der Waals surface area (Å²) in [5.74, 6) is 0.249. The highest BCUT2D eigenvalue weighted by Gasteiger charge is 2.11. The van der Waals surface area contributed by atoms with Gasteiger partial charge in [0.1, 0.15) is 14.3 Å². The van der Waals surface area contributed by atoms with Crippen molar-refractivity contribution in [2.24, 2.45) is 0 Å². The maximum absolute atomic E-state index is 11.6. The molecule has 3 aromatic rings. The highest BCUT2D eigenvalue weighted by Crippen LogP contribution is 2.36. The first-order valence-electron chi connectivity index (χ1n) is 5.78. The van der Waals surface area contributed by atoms with E-state index in [9.17, 15) is 9.90 Å². The molecule has 0 aliphatic rings. The van der Waals surface area contributed by atoms with Crippen molar-refractivity contribution in [1.29, 1.82) is 0 Å². The minimum atomic E-state index is -0.147. The zero-order chi connectivity index (χ0) is 14.1. The number of aromatic hydroxyl groups is 1. The van der Waals surface area contributed by atoms with Crippen molar-refractivity contribution in [2.45, 2.75) is 9.92 Å². The number of rotatable bonds is 2. The number of H-pyrrole nitrogens is 1. The molecule has 4 nitrogen and oxygen atoms in total. The maximum atomic E-state index is 11.6. The van der Waals surface area contributed by atoms with Gasteiger partial charge in [0.05, 0.1) is 6.33 Å². The molecule has 0 aliphatic carbocycles. The fourth-order valence-electron chi connectivity index (χ4n) is 1.89. The van der Waals surface area contributed by atoms with Gasteiger partial charge in [-0.2, -0.15) is 0 Å². The van der Waals surface area contributed by atoms with Crippen LogP contribution >= 0.6 is 34.4 Å². The lowest BCUT2D eigenvalue weighted by Crippen LogP contribution is -2.10. The number of aromatic amines is 1. The van der Waals surface area contributed by atoms with Crippen molar-refractivity contribution >= 4 is 45.1 Å². The average Bonchev–Trinajstić information content (AvgIpc) is 2.47. The summed E-state index contributed by atoms with van der Waals surface area (Å²) in [5, 5.41) is 12.3. The Morgan fingerprint density at radius 1 is 1.15 bits per heavy atom. The van der Waals surface area contributed by atoms with Crippen molar-refractivity contribution in [1.82, 2.24) is 9.97 Å². The SMILES string of the molecule is O=c1[nH]cnc(Sc2ccc(O)c3ccccc23)c1I. The Labute approximate surface area is 132 Å². The zero-order valence-corrected chi connectivity index (χ0v) is 13.1. The van der Waals surface area contributed by atoms with Crippen molar-refractivity contribution < 1.29 is 5.11 Å². The minimum absolute atomic E-state index is 0.147. The third kappa shape index (κ3) is 2.40. The van der Waals surface area contributed by atoms with Gasteiger partial charge in [-0.1, -0.05) is 36.0 Å². The van der Waals surface area contributed by atoms with Crippen LogP contribution in [0.25, 0.3) is 10.8 Å². The molecule has 1 aromatic heterocycles. The highest BCUT2D eigenvalue weighted by molar-refractivity contribution is 14.1. The van der Waals surface area contributed by atoms with Gasteiger partial charge >= 0.3 is 0 Å². The molecule has 0 spiro atoms. The number of nitrogens with zero attached hydrogens (tertiary/aromatic N) is 1. The van der Waals surface area contributed by atoms with Crippen LogP contribution in [0.1, 0.15) is 0 Å². The molecule has 0 saturated heterocycles. The van der Waals surface area contributed by atoms with Gasteiger partial charge in [-0.25, -0.2) is 4.98 Å². The number of phenols is 1. The minimum Gasteiger partial charge on any atom is -0.507 e. The van der Waals surface area contributed by atoms with Gasteiger partial charge < -0.3 is 10.1 Å². The second-order valence-corrected chi connectivity index (χ2v) is 6.19. The van der Waals surface area contributed by atoms with Crippen molar-refractivity contribution in [3.8, 4) is 5.75 Å². The summed E-state index contributed by atoms with van der Waals surface area (Å²) in [6, 6.07) is 11.1. The Morgan fingerprint density at radius 2 is 1.90 bits per heavy atom. The summed E-state index contributed by atoms with van der Waals surface area (Å²) in [6.45, 7) is 0. The number of hydrogen-bond donors (Lipinski definition) is 2. The lowest BCUT2D eigenvalue weighted by atomic mass is 10.1. The Kier molecular flexibility index (Phi) is 3.66. The molecule has 0 radical (unpaired) electrons. The fraction of sp³-hybridized carbons (Fsp3) is 0. The van der Waals surface area contributed by atoms with E-state index in [1.165, 1.54) is 18.1 Å². The van der Waals surface area contributed by atoms with Gasteiger partial charge in [-0.05, 0) is 40.1 Å². The summed E-state index contributed by atoms with van der Waals surface area (Å²) < 4.78 is 0.562. The predicted octanol–water partition coefficient (Wildman–Crippen LogP) is 3.38. The molecule has 1 heterocycles. The van der Waals surface area contributed by atoms with Crippen LogP contribution in [0.5, 0.6) is 5.75 Å². The number of halogens is 1. The van der Waals surface area contributed by atoms with Crippen LogP contribution in [0.3, 0.4) is 0 Å². The number of fused-ring (bicyclic) bond motifs is 1. The van der Waals surface area contributed by atoms with E-state index in [1.807, 2.05) is 52.9 Å². The summed E-state index contributed by atoms with van der Waals surface area (Å²) in [4.78, 5) is 19.3. The fourth-order valence-corrected chi connectivity index (χ4v) is 3.43. The average molecular weight is 396 g/mol. The predicted molar refractivity (Wildman–Crippen MR) is 87.3 cm³/mol. The Balaban J connectivity index is 2.14. The van der Waals surface area contributed by atoms with Crippen LogP contribution in [0.4, 0.5) is 0 Å². The third-order valence-corrected chi connectivity index (χ3v) is 5.28. The van der Waals surface area contributed by atoms with Gasteiger partial charge in [0, 0.05) is 10.3 Å². The van der Waals surface area contributed by atoms with Crippen LogP contribution < -0.4 is 5.56 Å². The molecule has 0 atom stereocenters. The Bertz CT molecular complexity index is 848. The molecule has 2 aromatic carbocycles. The molecule has 0 aliphatic heterocycles. The van der Waals surface area contributed by atoms with Crippen LogP contribution in [0.2, 0.25) is 0 Å². The largest absolute Gasteiger partial charge is 0.507 e. The number of phenolic OH excluding ortho intramolecular Hbond substituents is 1. The smallest absolute Gasteiger partial charge is 0.265 e. The lowest BCUT2D eigenvalue weighted by molar-refractivity contribution is 0.481. The zero-order valence-electron chi connectivity index (χ0n) is 10.1. The number of nitrogens with one attached hydrogen (secondary N) is 1. The normalized spacial score (nSPS) is 10.8. The van der Waals surface area contributed by atoms with E-state index in [-0.39, 0.29) is 11.3 Å². The van der Waals surface area contributed by atoms with Crippen molar-refractivity contribution in [3.05, 3.63) is 56.6 Å². The van der Waals surface area contributed by atoms with Crippen LogP contribution in [0.15, 0.2) is 57.4 Å². The van der Waals surface area contributed by atoms with E-state index in [2.05, 4.69) is 9.97 Å². The molecule has 0 amide bonds. The molecule has 100 valence electrons. The maximum Gasteiger partial charge on any atom is 0.265 e. The molecule has 0 fully saturated rings. The summed E-state index contributed by atoms with van der Waals surface area (Å²) >= 11 is 3.40. The summed E-state index contributed by atoms with van der Waals surface area (Å²) in [6.07, 6.45) is 1.40. The second kappa shape index (κ2) is 5.45. The van der Waals surface area contributed by atoms with E-state index in [0.717, 1.165) is 15.7 Å². The number of aromatic nitrogens is 2. The monoisotopic (exact) mass is 396 g/mol. The first-order chi connectivity index (χ1) is 9.66.